The molecule has 0 bridgehead atoms. The number of carboxylic acids is 1. The van der Waals surface area contributed by atoms with Crippen LogP contribution in [0.15, 0.2) is 0 Å². The highest BCUT2D eigenvalue weighted by atomic mass is 32.1. The van der Waals surface area contributed by atoms with Crippen LogP contribution in [0.4, 0.5) is 0 Å². The van der Waals surface area contributed by atoms with Crippen LogP contribution >= 0.6 is 12.6 Å². The van der Waals surface area contributed by atoms with Gasteiger partial charge in [0.15, 0.2) is 0 Å². The van der Waals surface area contributed by atoms with Gasteiger partial charge in [-0.15, -0.1) is 10.1 Å². The van der Waals surface area contributed by atoms with Crippen LogP contribution in [0.2, 0.25) is 0 Å². The molecule has 92 valence electrons. The monoisotopic (exact) mass is 252 g/mol. The summed E-state index contributed by atoms with van der Waals surface area (Å²) in [7, 11) is 0. The van der Waals surface area contributed by atoms with E-state index in [0.717, 1.165) is 0 Å². The molecule has 0 heterocycles. The van der Waals surface area contributed by atoms with Crippen LogP contribution in [0.5, 0.6) is 0 Å². The first-order valence-corrected chi connectivity index (χ1v) is 5.01. The lowest BCUT2D eigenvalue weighted by atomic mass is 10.2. The van der Waals surface area contributed by atoms with Crippen LogP contribution in [-0.4, -0.2) is 40.5 Å². The van der Waals surface area contributed by atoms with Crippen LogP contribution in [0, 0.1) is 10.1 Å². The van der Waals surface area contributed by atoms with Gasteiger partial charge in [-0.25, -0.2) is 4.79 Å². The third-order valence-electron chi connectivity index (χ3n) is 1.56. The van der Waals surface area contributed by atoms with Gasteiger partial charge in [0, 0.05) is 12.2 Å². The molecule has 0 aromatic rings. The highest BCUT2D eigenvalue weighted by Crippen LogP contribution is 1.94. The van der Waals surface area contributed by atoms with E-state index in [-0.39, 0.29) is 25.2 Å². The molecule has 0 aromatic carbocycles. The summed E-state index contributed by atoms with van der Waals surface area (Å²) in [4.78, 5) is 35.4. The summed E-state index contributed by atoms with van der Waals surface area (Å²) in [6.45, 7) is -0.195. The maximum Gasteiger partial charge on any atom is 0.327 e. The van der Waals surface area contributed by atoms with Crippen molar-refractivity contribution < 1.29 is 24.6 Å². The molecule has 0 rings (SSSR count). The van der Waals surface area contributed by atoms with Gasteiger partial charge in [0.1, 0.15) is 6.04 Å². The van der Waals surface area contributed by atoms with Crippen LogP contribution in [0.3, 0.4) is 0 Å². The molecule has 0 aromatic heterocycles. The highest BCUT2D eigenvalue weighted by molar-refractivity contribution is 7.80. The predicted molar refractivity (Wildman–Crippen MR) is 55.6 cm³/mol. The second-order valence-corrected chi connectivity index (χ2v) is 3.17. The fraction of sp³-hybridized carbons (Fsp3) is 0.714. The van der Waals surface area contributed by atoms with Gasteiger partial charge in [-0.3, -0.25) is 4.79 Å². The number of nitrogens with one attached hydrogen (secondary N) is 1. The summed E-state index contributed by atoms with van der Waals surface area (Å²) < 4.78 is 0. The summed E-state index contributed by atoms with van der Waals surface area (Å²) in [6.07, 6.45) is 0.108. The van der Waals surface area contributed by atoms with E-state index in [1.165, 1.54) is 0 Å². The average molecular weight is 252 g/mol. The molecular formula is C7H12N2O6S. The minimum atomic E-state index is -1.18. The van der Waals surface area contributed by atoms with E-state index in [4.69, 9.17) is 5.11 Å². The molecule has 0 fully saturated rings. The summed E-state index contributed by atoms with van der Waals surface area (Å²) in [5.41, 5.74) is 0. The summed E-state index contributed by atoms with van der Waals surface area (Å²) in [5, 5.41) is 19.6. The lowest BCUT2D eigenvalue weighted by Gasteiger charge is -2.11. The molecule has 2 N–H and O–H groups in total. The van der Waals surface area contributed by atoms with Crippen LogP contribution in [0.1, 0.15) is 12.8 Å². The number of rotatable bonds is 8. The van der Waals surface area contributed by atoms with Crippen molar-refractivity contribution in [2.45, 2.75) is 18.9 Å². The molecule has 9 heteroatoms. The molecule has 0 saturated heterocycles. The summed E-state index contributed by atoms with van der Waals surface area (Å²) >= 11 is 3.76. The van der Waals surface area contributed by atoms with Crippen LogP contribution < -0.4 is 5.32 Å². The maximum absolute atomic E-state index is 11.1. The molecule has 1 amide bonds. The molecule has 0 saturated carbocycles. The van der Waals surface area contributed by atoms with Gasteiger partial charge in [-0.1, -0.05) is 0 Å². The molecule has 0 aliphatic carbocycles. The summed E-state index contributed by atoms with van der Waals surface area (Å²) in [5.74, 6) is -1.70. The van der Waals surface area contributed by atoms with Gasteiger partial charge >= 0.3 is 5.97 Å². The number of thiol groups is 1. The standard InChI is InChI=1S/C7H12N2O6S/c10-6(2-1-3-15-9(13)14)8-5(4-16)7(11)12/h5,16H,1-4H2,(H,8,10)(H,11,12). The smallest absolute Gasteiger partial charge is 0.327 e. The van der Waals surface area contributed by atoms with Crippen molar-refractivity contribution in [1.82, 2.24) is 5.32 Å². The third-order valence-corrected chi connectivity index (χ3v) is 1.93. The molecule has 0 radical (unpaired) electrons. The Bertz CT molecular complexity index is 272. The highest BCUT2D eigenvalue weighted by Gasteiger charge is 2.17. The van der Waals surface area contributed by atoms with Crippen molar-refractivity contribution in [2.24, 2.45) is 0 Å². The van der Waals surface area contributed by atoms with E-state index in [1.54, 1.807) is 0 Å². The normalized spacial score (nSPS) is 11.6. The lowest BCUT2D eigenvalue weighted by Crippen LogP contribution is -2.42. The largest absolute Gasteiger partial charge is 0.480 e. The first-order chi connectivity index (χ1) is 7.47. The van der Waals surface area contributed by atoms with E-state index in [1.807, 2.05) is 0 Å². The zero-order valence-corrected chi connectivity index (χ0v) is 9.18. The van der Waals surface area contributed by atoms with E-state index < -0.39 is 23.0 Å². The van der Waals surface area contributed by atoms with E-state index in [0.29, 0.717) is 0 Å². The number of hydrogen-bond acceptors (Lipinski definition) is 6. The lowest BCUT2D eigenvalue weighted by molar-refractivity contribution is -0.757. The number of carboxylic acid groups (broad SMARTS) is 1. The third kappa shape index (κ3) is 6.87. The first-order valence-electron chi connectivity index (χ1n) is 4.37. The van der Waals surface area contributed by atoms with Crippen molar-refractivity contribution in [3.63, 3.8) is 0 Å². The van der Waals surface area contributed by atoms with Crippen molar-refractivity contribution in [2.75, 3.05) is 12.4 Å². The Labute approximate surface area is 96.5 Å². The van der Waals surface area contributed by atoms with E-state index in [2.05, 4.69) is 22.8 Å². The fourth-order valence-corrected chi connectivity index (χ4v) is 1.07. The number of carbonyl (C=O) groups is 2. The van der Waals surface area contributed by atoms with Gasteiger partial charge in [-0.2, -0.15) is 12.6 Å². The van der Waals surface area contributed by atoms with E-state index in [9.17, 15) is 19.7 Å². The molecule has 16 heavy (non-hydrogen) atoms. The Balaban J connectivity index is 3.73. The predicted octanol–water partition coefficient (Wildman–Crippen LogP) is -0.526. The number of amides is 1. The Morgan fingerprint density at radius 2 is 2.19 bits per heavy atom. The Kier molecular flexibility index (Phi) is 7.01. The minimum Gasteiger partial charge on any atom is -0.480 e. The van der Waals surface area contributed by atoms with Gasteiger partial charge in [0.05, 0.1) is 6.61 Å². The molecule has 8 nitrogen and oxygen atoms in total. The van der Waals surface area contributed by atoms with Crippen LogP contribution in [-0.2, 0) is 14.4 Å². The number of nitrogens with zero attached hydrogens (tertiary/aromatic N) is 1. The topological polar surface area (TPSA) is 119 Å². The molecular weight excluding hydrogens is 240 g/mol. The Hall–Kier alpha value is -1.51. The first kappa shape index (κ1) is 14.5. The number of aliphatic carboxylic acids is 1. The fourth-order valence-electron chi connectivity index (χ4n) is 0.824. The molecule has 0 aliphatic heterocycles. The quantitative estimate of drug-likeness (QED) is 0.231. The number of carbonyl (C=O) groups excluding carboxylic acids is 1. The molecule has 0 aliphatic rings. The van der Waals surface area contributed by atoms with Crippen molar-refractivity contribution in [3.05, 3.63) is 10.1 Å². The molecule has 1 unspecified atom stereocenters. The zero-order valence-electron chi connectivity index (χ0n) is 8.29. The Morgan fingerprint density at radius 3 is 2.62 bits per heavy atom. The SMILES string of the molecule is O=C(CCCO[N+](=O)[O-])NC(CS)C(=O)O. The second-order valence-electron chi connectivity index (χ2n) is 2.80. The minimum absolute atomic E-state index is 0.0214. The number of hydrogen-bond donors (Lipinski definition) is 3. The van der Waals surface area contributed by atoms with Gasteiger partial charge in [0.2, 0.25) is 5.91 Å². The average Bonchev–Trinajstić information content (AvgIpc) is 2.20. The zero-order chi connectivity index (χ0) is 12.6. The molecule has 1 atom stereocenters. The van der Waals surface area contributed by atoms with Gasteiger partial charge < -0.3 is 15.3 Å². The molecule has 0 spiro atoms. The van der Waals surface area contributed by atoms with Gasteiger partial charge in [-0.05, 0) is 6.42 Å². The Morgan fingerprint density at radius 1 is 1.56 bits per heavy atom. The van der Waals surface area contributed by atoms with Crippen LogP contribution in [0.25, 0.3) is 0 Å². The van der Waals surface area contributed by atoms with Crippen molar-refractivity contribution in [3.8, 4) is 0 Å². The van der Waals surface area contributed by atoms with Gasteiger partial charge in [0.25, 0.3) is 5.09 Å². The van der Waals surface area contributed by atoms with Crippen molar-refractivity contribution >= 4 is 24.5 Å². The maximum atomic E-state index is 11.1. The second kappa shape index (κ2) is 7.74. The van der Waals surface area contributed by atoms with Crippen molar-refractivity contribution in [1.29, 1.82) is 0 Å². The summed E-state index contributed by atoms with van der Waals surface area (Å²) in [6, 6.07) is -1.05. The van der Waals surface area contributed by atoms with E-state index >= 15 is 0 Å².